The molecule has 1 aliphatic heterocycles. The number of nitro benzene ring substituents is 1. The highest BCUT2D eigenvalue weighted by molar-refractivity contribution is 5.82. The van der Waals surface area contributed by atoms with E-state index in [9.17, 15) is 10.1 Å². The third kappa shape index (κ3) is 3.24. The maximum absolute atomic E-state index is 10.9. The predicted octanol–water partition coefficient (Wildman–Crippen LogP) is 5.89. The van der Waals surface area contributed by atoms with Gasteiger partial charge in [-0.1, -0.05) is 44.2 Å². The minimum absolute atomic E-state index is 0.0755. The Morgan fingerprint density at radius 2 is 1.81 bits per heavy atom. The van der Waals surface area contributed by atoms with E-state index in [1.165, 1.54) is 22.4 Å². The second-order valence-electron chi connectivity index (χ2n) is 7.26. The van der Waals surface area contributed by atoms with Gasteiger partial charge in [0.25, 0.3) is 5.69 Å². The highest BCUT2D eigenvalue weighted by Gasteiger charge is 2.34. The molecule has 0 saturated heterocycles. The number of hydrogen-bond donors (Lipinski definition) is 0. The molecule has 0 aliphatic carbocycles. The Hall–Kier alpha value is -2.62. The van der Waals surface area contributed by atoms with Crippen LogP contribution in [-0.4, -0.2) is 10.5 Å². The molecule has 0 fully saturated rings. The lowest BCUT2D eigenvalue weighted by Crippen LogP contribution is -2.46. The van der Waals surface area contributed by atoms with E-state index in [-0.39, 0.29) is 16.1 Å². The molecule has 26 heavy (non-hydrogen) atoms. The lowest BCUT2D eigenvalue weighted by molar-refractivity contribution is -0.384. The van der Waals surface area contributed by atoms with Crippen LogP contribution >= 0.6 is 0 Å². The minimum atomic E-state index is -0.351. The number of anilines is 1. The van der Waals surface area contributed by atoms with Gasteiger partial charge in [0.1, 0.15) is 0 Å². The molecule has 0 saturated carbocycles. The molecule has 0 bridgehead atoms. The number of fused-ring (bicyclic) bond motifs is 1. The first kappa shape index (κ1) is 18.2. The molecule has 2 aromatic carbocycles. The zero-order chi connectivity index (χ0) is 18.9. The summed E-state index contributed by atoms with van der Waals surface area (Å²) in [5.74, 6) is 0. The molecule has 0 N–H and O–H groups in total. The zero-order valence-electron chi connectivity index (χ0n) is 16.0. The SMILES string of the molecule is CCC1=CC(C)(CC)N(Cc2ccc([N+](=O)[O-])cc2)c2cc(C)ccc21. The Kier molecular flexibility index (Phi) is 4.86. The summed E-state index contributed by atoms with van der Waals surface area (Å²) in [4.78, 5) is 13.0. The van der Waals surface area contributed by atoms with Crippen LogP contribution in [0.4, 0.5) is 11.4 Å². The van der Waals surface area contributed by atoms with Crippen molar-refractivity contribution in [2.45, 2.75) is 52.6 Å². The zero-order valence-corrected chi connectivity index (χ0v) is 16.0. The molecule has 0 radical (unpaired) electrons. The lowest BCUT2D eigenvalue weighted by atomic mass is 9.83. The molecular weight excluding hydrogens is 324 g/mol. The Balaban J connectivity index is 2.05. The number of hydrogen-bond acceptors (Lipinski definition) is 3. The summed E-state index contributed by atoms with van der Waals surface area (Å²) >= 11 is 0. The number of benzene rings is 2. The van der Waals surface area contributed by atoms with Crippen LogP contribution in [0.1, 0.15) is 50.3 Å². The van der Waals surface area contributed by atoms with Gasteiger partial charge in [-0.25, -0.2) is 0 Å². The first-order chi connectivity index (χ1) is 12.4. The summed E-state index contributed by atoms with van der Waals surface area (Å²) < 4.78 is 0. The molecule has 1 unspecified atom stereocenters. The van der Waals surface area contributed by atoms with Crippen molar-refractivity contribution in [2.75, 3.05) is 4.90 Å². The van der Waals surface area contributed by atoms with Gasteiger partial charge in [-0.05, 0) is 49.5 Å². The van der Waals surface area contributed by atoms with E-state index in [0.29, 0.717) is 0 Å². The number of nitro groups is 1. The van der Waals surface area contributed by atoms with Crippen LogP contribution in [0, 0.1) is 17.0 Å². The molecule has 0 amide bonds. The van der Waals surface area contributed by atoms with Crippen LogP contribution in [-0.2, 0) is 6.54 Å². The van der Waals surface area contributed by atoms with Gasteiger partial charge in [0.15, 0.2) is 0 Å². The van der Waals surface area contributed by atoms with Gasteiger partial charge in [-0.15, -0.1) is 0 Å². The van der Waals surface area contributed by atoms with Crippen LogP contribution in [0.2, 0.25) is 0 Å². The van der Waals surface area contributed by atoms with E-state index in [2.05, 4.69) is 56.9 Å². The number of nitrogens with zero attached hydrogens (tertiary/aromatic N) is 2. The van der Waals surface area contributed by atoms with E-state index in [1.807, 2.05) is 12.1 Å². The predicted molar refractivity (Wildman–Crippen MR) is 107 cm³/mol. The van der Waals surface area contributed by atoms with Crippen molar-refractivity contribution >= 4 is 16.9 Å². The van der Waals surface area contributed by atoms with Crippen LogP contribution in [0.15, 0.2) is 48.5 Å². The molecular formula is C22H26N2O2. The maximum Gasteiger partial charge on any atom is 0.269 e. The van der Waals surface area contributed by atoms with E-state index in [1.54, 1.807) is 12.1 Å². The molecule has 4 nitrogen and oxygen atoms in total. The highest BCUT2D eigenvalue weighted by atomic mass is 16.6. The van der Waals surface area contributed by atoms with Gasteiger partial charge in [0.2, 0.25) is 0 Å². The Bertz CT molecular complexity index is 855. The van der Waals surface area contributed by atoms with Crippen molar-refractivity contribution < 1.29 is 4.92 Å². The largest absolute Gasteiger partial charge is 0.358 e. The molecule has 4 heteroatoms. The van der Waals surface area contributed by atoms with Gasteiger partial charge in [-0.2, -0.15) is 0 Å². The normalized spacial score (nSPS) is 19.1. The van der Waals surface area contributed by atoms with Crippen LogP contribution < -0.4 is 4.90 Å². The number of aryl methyl sites for hydroxylation is 1. The summed E-state index contributed by atoms with van der Waals surface area (Å²) in [5.41, 5.74) is 6.33. The minimum Gasteiger partial charge on any atom is -0.358 e. The van der Waals surface area contributed by atoms with E-state index in [0.717, 1.165) is 24.9 Å². The quantitative estimate of drug-likeness (QED) is 0.499. The highest BCUT2D eigenvalue weighted by Crippen LogP contribution is 2.43. The molecule has 136 valence electrons. The fourth-order valence-electron chi connectivity index (χ4n) is 3.70. The lowest BCUT2D eigenvalue weighted by Gasteiger charge is -2.45. The first-order valence-corrected chi connectivity index (χ1v) is 9.21. The molecule has 0 spiro atoms. The molecule has 3 rings (SSSR count). The first-order valence-electron chi connectivity index (χ1n) is 9.21. The summed E-state index contributed by atoms with van der Waals surface area (Å²) in [6.45, 7) is 9.55. The van der Waals surface area contributed by atoms with Gasteiger partial charge in [0, 0.05) is 29.9 Å². The van der Waals surface area contributed by atoms with Crippen LogP contribution in [0.25, 0.3) is 5.57 Å². The van der Waals surface area contributed by atoms with Crippen molar-refractivity contribution in [3.63, 3.8) is 0 Å². The van der Waals surface area contributed by atoms with Crippen LogP contribution in [0.3, 0.4) is 0 Å². The molecule has 2 aromatic rings. The molecule has 0 aromatic heterocycles. The second kappa shape index (κ2) is 6.94. The Morgan fingerprint density at radius 3 is 2.38 bits per heavy atom. The Labute approximate surface area is 155 Å². The van der Waals surface area contributed by atoms with Crippen molar-refractivity contribution in [3.05, 3.63) is 75.3 Å². The van der Waals surface area contributed by atoms with Gasteiger partial charge in [-0.3, -0.25) is 10.1 Å². The average Bonchev–Trinajstić information content (AvgIpc) is 2.64. The average molecular weight is 350 g/mol. The second-order valence-corrected chi connectivity index (χ2v) is 7.26. The summed E-state index contributed by atoms with van der Waals surface area (Å²) in [6.07, 6.45) is 4.41. The van der Waals surface area contributed by atoms with Crippen molar-refractivity contribution in [1.82, 2.24) is 0 Å². The Morgan fingerprint density at radius 1 is 1.12 bits per heavy atom. The number of non-ortho nitro benzene ring substituents is 1. The molecule has 1 atom stereocenters. The van der Waals surface area contributed by atoms with Gasteiger partial charge in [0.05, 0.1) is 10.5 Å². The maximum atomic E-state index is 10.9. The van der Waals surface area contributed by atoms with E-state index in [4.69, 9.17) is 0 Å². The smallest absolute Gasteiger partial charge is 0.269 e. The van der Waals surface area contributed by atoms with Crippen LogP contribution in [0.5, 0.6) is 0 Å². The summed E-state index contributed by atoms with van der Waals surface area (Å²) in [5, 5.41) is 10.9. The molecule has 1 heterocycles. The number of allylic oxidation sites excluding steroid dienone is 1. The topological polar surface area (TPSA) is 46.4 Å². The summed E-state index contributed by atoms with van der Waals surface area (Å²) in [6, 6.07) is 13.6. The van der Waals surface area contributed by atoms with Crippen molar-refractivity contribution in [2.24, 2.45) is 0 Å². The number of rotatable bonds is 5. The molecule has 1 aliphatic rings. The third-order valence-electron chi connectivity index (χ3n) is 5.48. The van der Waals surface area contributed by atoms with Crippen molar-refractivity contribution in [3.8, 4) is 0 Å². The standard InChI is InChI=1S/C22H26N2O2/c1-5-18-14-22(4,6-2)23(21-13-16(3)7-12-20(18)21)15-17-8-10-19(11-9-17)24(25)26/h7-14H,5-6,15H2,1-4H3. The summed E-state index contributed by atoms with van der Waals surface area (Å²) in [7, 11) is 0. The fourth-order valence-corrected chi connectivity index (χ4v) is 3.70. The monoisotopic (exact) mass is 350 g/mol. The fraction of sp³-hybridized carbons (Fsp3) is 0.364. The van der Waals surface area contributed by atoms with Gasteiger partial charge >= 0.3 is 0 Å². The third-order valence-corrected chi connectivity index (χ3v) is 5.48. The van der Waals surface area contributed by atoms with Gasteiger partial charge < -0.3 is 4.90 Å². The van der Waals surface area contributed by atoms with E-state index < -0.39 is 0 Å². The van der Waals surface area contributed by atoms with E-state index >= 15 is 0 Å². The van der Waals surface area contributed by atoms with Crippen molar-refractivity contribution in [1.29, 1.82) is 0 Å².